The Morgan fingerprint density at radius 2 is 1.79 bits per heavy atom. The van der Waals surface area contributed by atoms with Crippen LogP contribution in [0, 0.1) is 5.41 Å². The van der Waals surface area contributed by atoms with Gasteiger partial charge in [0.25, 0.3) is 5.91 Å². The normalized spacial score (nSPS) is 25.6. The molecule has 0 bridgehead atoms. The molecular weight excluding hydrogens is 560 g/mol. The highest BCUT2D eigenvalue weighted by Crippen LogP contribution is 2.43. The fraction of sp³-hybridized carbons (Fsp3) is 0.615. The summed E-state index contributed by atoms with van der Waals surface area (Å²) in [6, 6.07) is -0.672. The van der Waals surface area contributed by atoms with E-state index < -0.39 is 46.4 Å². The standard InChI is InChI=1S/C26H31Cl2F3N4O4/c1-24(23(37)38)8-4-16(5-9-24)35-21(26(29,30)31)18(12-33-35)22(36)34(15-25(2)7-3-11-39-25)10-6-17-19(27)13-32-14-20(17)28/h12-14,16H,3-11,15H2,1-2H3,(H,37,38)/t16-,24-,25-/m1/s1. The first-order chi connectivity index (χ1) is 18.2. The molecule has 0 spiro atoms. The number of carbonyl (C=O) groups excluding carboxylic acids is 1. The van der Waals surface area contributed by atoms with Crippen molar-refractivity contribution >= 4 is 35.1 Å². The van der Waals surface area contributed by atoms with Gasteiger partial charge in [0.2, 0.25) is 0 Å². The molecule has 0 unspecified atom stereocenters. The summed E-state index contributed by atoms with van der Waals surface area (Å²) >= 11 is 12.5. The Hall–Kier alpha value is -2.37. The van der Waals surface area contributed by atoms with Crippen molar-refractivity contribution in [3.05, 3.63) is 45.5 Å². The van der Waals surface area contributed by atoms with Crippen molar-refractivity contribution in [1.29, 1.82) is 0 Å². The maximum Gasteiger partial charge on any atom is 0.433 e. The molecule has 8 nitrogen and oxygen atoms in total. The van der Waals surface area contributed by atoms with Gasteiger partial charge in [-0.25, -0.2) is 0 Å². The predicted octanol–water partition coefficient (Wildman–Crippen LogP) is 6.06. The number of rotatable bonds is 8. The lowest BCUT2D eigenvalue weighted by atomic mass is 9.74. The molecule has 214 valence electrons. The molecule has 2 aromatic rings. The first kappa shape index (κ1) is 29.6. The number of ether oxygens (including phenoxy) is 1. The summed E-state index contributed by atoms with van der Waals surface area (Å²) in [5, 5.41) is 14.1. The second kappa shape index (κ2) is 11.2. The quantitative estimate of drug-likeness (QED) is 0.401. The third kappa shape index (κ3) is 6.36. The number of hydrogen-bond donors (Lipinski definition) is 1. The lowest BCUT2D eigenvalue weighted by molar-refractivity contribution is -0.152. The number of carbonyl (C=O) groups is 2. The predicted molar refractivity (Wildman–Crippen MR) is 138 cm³/mol. The van der Waals surface area contributed by atoms with Crippen LogP contribution < -0.4 is 0 Å². The van der Waals surface area contributed by atoms with E-state index in [-0.39, 0.29) is 45.2 Å². The van der Waals surface area contributed by atoms with Gasteiger partial charge in [0.15, 0.2) is 5.69 Å². The van der Waals surface area contributed by atoms with Gasteiger partial charge < -0.3 is 14.7 Å². The maximum absolute atomic E-state index is 14.4. The van der Waals surface area contributed by atoms with Crippen molar-refractivity contribution in [1.82, 2.24) is 19.7 Å². The van der Waals surface area contributed by atoms with E-state index in [2.05, 4.69) is 10.1 Å². The van der Waals surface area contributed by atoms with E-state index >= 15 is 0 Å². The van der Waals surface area contributed by atoms with Crippen LogP contribution in [0.3, 0.4) is 0 Å². The Kier molecular flexibility index (Phi) is 8.54. The summed E-state index contributed by atoms with van der Waals surface area (Å²) < 4.78 is 50.0. The Morgan fingerprint density at radius 1 is 1.15 bits per heavy atom. The number of halogens is 5. The van der Waals surface area contributed by atoms with Crippen LogP contribution in [0.2, 0.25) is 10.0 Å². The van der Waals surface area contributed by atoms with E-state index in [1.54, 1.807) is 6.92 Å². The van der Waals surface area contributed by atoms with Crippen molar-refractivity contribution in [3.8, 4) is 0 Å². The Bertz CT molecular complexity index is 1200. The van der Waals surface area contributed by atoms with Gasteiger partial charge in [0.05, 0.1) is 38.9 Å². The van der Waals surface area contributed by atoms with Gasteiger partial charge in [-0.2, -0.15) is 18.3 Å². The van der Waals surface area contributed by atoms with Crippen molar-refractivity contribution in [2.45, 2.75) is 76.6 Å². The minimum absolute atomic E-state index is 0.0457. The van der Waals surface area contributed by atoms with Gasteiger partial charge in [-0.1, -0.05) is 23.2 Å². The van der Waals surface area contributed by atoms with E-state index in [0.29, 0.717) is 28.6 Å². The summed E-state index contributed by atoms with van der Waals surface area (Å²) in [7, 11) is 0. The van der Waals surface area contributed by atoms with Gasteiger partial charge in [0, 0.05) is 32.1 Å². The van der Waals surface area contributed by atoms with Crippen LogP contribution in [0.1, 0.15) is 80.0 Å². The maximum atomic E-state index is 14.4. The topological polar surface area (TPSA) is 97.6 Å². The molecular formula is C26H31Cl2F3N4O4. The average Bonchev–Trinajstić information content (AvgIpc) is 3.50. The minimum Gasteiger partial charge on any atom is -0.481 e. The van der Waals surface area contributed by atoms with Gasteiger partial charge in [0.1, 0.15) is 0 Å². The van der Waals surface area contributed by atoms with Crippen LogP contribution in [-0.4, -0.2) is 61.9 Å². The van der Waals surface area contributed by atoms with E-state index in [9.17, 15) is 27.9 Å². The highest BCUT2D eigenvalue weighted by atomic mass is 35.5. The van der Waals surface area contributed by atoms with Crippen molar-refractivity contribution in [2.24, 2.45) is 5.41 Å². The van der Waals surface area contributed by atoms with Gasteiger partial charge >= 0.3 is 12.1 Å². The number of carboxylic acid groups (broad SMARTS) is 1. The second-order valence-electron chi connectivity index (χ2n) is 10.9. The molecule has 1 amide bonds. The third-order valence-corrected chi connectivity index (χ3v) is 8.56. The monoisotopic (exact) mass is 590 g/mol. The molecule has 1 saturated heterocycles. The minimum atomic E-state index is -4.85. The van der Waals surface area contributed by atoms with Crippen LogP contribution in [0.4, 0.5) is 13.2 Å². The molecule has 4 rings (SSSR count). The number of aromatic nitrogens is 3. The number of amides is 1. The number of carboxylic acids is 1. The molecule has 0 aromatic carbocycles. The summed E-state index contributed by atoms with van der Waals surface area (Å²) in [5.41, 5.74) is -2.84. The zero-order valence-electron chi connectivity index (χ0n) is 21.7. The molecule has 13 heteroatoms. The average molecular weight is 591 g/mol. The molecule has 0 radical (unpaired) electrons. The van der Waals surface area contributed by atoms with Crippen LogP contribution >= 0.6 is 23.2 Å². The second-order valence-corrected chi connectivity index (χ2v) is 11.7. The van der Waals surface area contributed by atoms with Gasteiger partial charge in [-0.15, -0.1) is 0 Å². The first-order valence-corrected chi connectivity index (χ1v) is 13.6. The lowest BCUT2D eigenvalue weighted by Gasteiger charge is -2.35. The van der Waals surface area contributed by atoms with Gasteiger partial charge in [-0.05, 0) is 64.4 Å². The molecule has 39 heavy (non-hydrogen) atoms. The molecule has 1 saturated carbocycles. The Balaban J connectivity index is 1.65. The highest BCUT2D eigenvalue weighted by molar-refractivity contribution is 6.35. The van der Waals surface area contributed by atoms with Crippen molar-refractivity contribution < 1.29 is 32.6 Å². The number of alkyl halides is 3. The largest absolute Gasteiger partial charge is 0.481 e. The summed E-state index contributed by atoms with van der Waals surface area (Å²) in [4.78, 5) is 30.7. The zero-order chi connectivity index (χ0) is 28.6. The van der Waals surface area contributed by atoms with Crippen LogP contribution in [0.25, 0.3) is 0 Å². The summed E-state index contributed by atoms with van der Waals surface area (Å²) in [5.74, 6) is -1.79. The number of hydrogen-bond acceptors (Lipinski definition) is 5. The molecule has 1 atom stereocenters. The fourth-order valence-corrected chi connectivity index (χ4v) is 6.04. The number of pyridine rings is 1. The number of aliphatic carboxylic acids is 1. The van der Waals surface area contributed by atoms with Crippen LogP contribution in [0.15, 0.2) is 18.6 Å². The van der Waals surface area contributed by atoms with E-state index in [1.165, 1.54) is 17.3 Å². The first-order valence-electron chi connectivity index (χ1n) is 12.8. The van der Waals surface area contributed by atoms with Crippen LogP contribution in [-0.2, 0) is 22.1 Å². The number of nitrogens with zero attached hydrogens (tertiary/aromatic N) is 4. The smallest absolute Gasteiger partial charge is 0.433 e. The van der Waals surface area contributed by atoms with Gasteiger partial charge in [-0.3, -0.25) is 19.3 Å². The molecule has 1 N–H and O–H groups in total. The molecule has 2 fully saturated rings. The SMILES string of the molecule is C[C@]1(CN(CCc2c(Cl)cncc2Cl)C(=O)c2cnn([C@H]3CC[C@](C)(C(=O)O)CC3)c2C(F)(F)F)CCCO1. The zero-order valence-corrected chi connectivity index (χ0v) is 23.2. The summed E-state index contributed by atoms with van der Waals surface area (Å²) in [6.45, 7) is 4.06. The van der Waals surface area contributed by atoms with Crippen molar-refractivity contribution in [3.63, 3.8) is 0 Å². The molecule has 2 aliphatic rings. The highest BCUT2D eigenvalue weighted by Gasteiger charge is 2.45. The van der Waals surface area contributed by atoms with E-state index in [0.717, 1.165) is 17.3 Å². The lowest BCUT2D eigenvalue weighted by Crippen LogP contribution is -2.45. The van der Waals surface area contributed by atoms with E-state index in [4.69, 9.17) is 27.9 Å². The molecule has 2 aromatic heterocycles. The Labute approximate surface area is 234 Å². The van der Waals surface area contributed by atoms with Crippen molar-refractivity contribution in [2.75, 3.05) is 19.7 Å². The summed E-state index contributed by atoms with van der Waals surface area (Å²) in [6.07, 6.45) is 1.42. The fourth-order valence-electron chi connectivity index (χ4n) is 5.49. The molecule has 1 aliphatic carbocycles. The molecule has 1 aliphatic heterocycles. The third-order valence-electron chi connectivity index (χ3n) is 7.91. The van der Waals surface area contributed by atoms with Crippen LogP contribution in [0.5, 0.6) is 0 Å². The van der Waals surface area contributed by atoms with E-state index in [1.807, 2.05) is 6.92 Å². The Morgan fingerprint density at radius 3 is 2.33 bits per heavy atom. The molecule has 3 heterocycles.